The first-order valence-corrected chi connectivity index (χ1v) is 5.10. The Bertz CT molecular complexity index is 555. The molecule has 1 aliphatic rings. The molecule has 0 spiro atoms. The number of nitrogens with zero attached hydrogens (tertiary/aromatic N) is 2. The summed E-state index contributed by atoms with van der Waals surface area (Å²) >= 11 is 0. The van der Waals surface area contributed by atoms with Gasteiger partial charge in [-0.05, 0) is 12.0 Å². The Morgan fingerprint density at radius 1 is 1.59 bits per heavy atom. The highest BCUT2D eigenvalue weighted by atomic mass is 16.2. The summed E-state index contributed by atoms with van der Waals surface area (Å²) in [5.41, 5.74) is 6.96. The molecular formula is C12H11N3O2. The van der Waals surface area contributed by atoms with Crippen molar-refractivity contribution in [3.8, 4) is 11.8 Å². The molecule has 86 valence electrons. The van der Waals surface area contributed by atoms with E-state index in [1.54, 1.807) is 18.0 Å². The molecule has 0 saturated heterocycles. The number of carbonyl (C=O) groups excluding carboxylic acids is 2. The minimum absolute atomic E-state index is 0.0790. The van der Waals surface area contributed by atoms with E-state index < -0.39 is 5.91 Å². The molecule has 5 nitrogen and oxygen atoms in total. The highest BCUT2D eigenvalue weighted by Gasteiger charge is 2.25. The van der Waals surface area contributed by atoms with Crippen LogP contribution >= 0.6 is 0 Å². The lowest BCUT2D eigenvalue weighted by Gasteiger charge is -2.03. The predicted octanol–water partition coefficient (Wildman–Crippen LogP) is -0.302. The third-order valence-corrected chi connectivity index (χ3v) is 2.47. The minimum atomic E-state index is -0.665. The lowest BCUT2D eigenvalue weighted by atomic mass is 10.2. The maximum Gasteiger partial charge on any atom is 0.293 e. The standard InChI is InChI=1S/C12H11N3O2/c1-15-7-8-5-6-9(3-2-4-10(13)16)14-11(8)12(15)17/h5-6H,3,7H2,1H3,(H2,13,16). The molecule has 2 heterocycles. The van der Waals surface area contributed by atoms with Crippen molar-refractivity contribution >= 4 is 11.8 Å². The van der Waals surface area contributed by atoms with Crippen LogP contribution in [0, 0.1) is 11.8 Å². The van der Waals surface area contributed by atoms with E-state index in [9.17, 15) is 9.59 Å². The maximum absolute atomic E-state index is 11.7. The van der Waals surface area contributed by atoms with Crippen molar-refractivity contribution in [1.29, 1.82) is 0 Å². The van der Waals surface area contributed by atoms with Crippen LogP contribution in [0.3, 0.4) is 0 Å². The Balaban J connectivity index is 2.22. The molecule has 0 atom stereocenters. The van der Waals surface area contributed by atoms with Crippen LogP contribution in [-0.4, -0.2) is 28.7 Å². The SMILES string of the molecule is CN1Cc2ccc(CC#CC(N)=O)nc2C1=O. The van der Waals surface area contributed by atoms with E-state index in [4.69, 9.17) is 5.73 Å². The number of hydrogen-bond donors (Lipinski definition) is 1. The van der Waals surface area contributed by atoms with Gasteiger partial charge in [0.05, 0.1) is 12.1 Å². The summed E-state index contributed by atoms with van der Waals surface area (Å²) in [5.74, 6) is 4.10. The number of aromatic nitrogens is 1. The summed E-state index contributed by atoms with van der Waals surface area (Å²) < 4.78 is 0. The number of pyridine rings is 1. The molecule has 1 aliphatic heterocycles. The van der Waals surface area contributed by atoms with Crippen LogP contribution in [0.15, 0.2) is 12.1 Å². The largest absolute Gasteiger partial charge is 0.359 e. The fourth-order valence-electron chi connectivity index (χ4n) is 1.67. The second-order valence-electron chi connectivity index (χ2n) is 3.81. The molecule has 0 aromatic carbocycles. The zero-order chi connectivity index (χ0) is 12.4. The summed E-state index contributed by atoms with van der Waals surface area (Å²) in [6, 6.07) is 3.67. The molecule has 1 aromatic heterocycles. The first-order valence-electron chi connectivity index (χ1n) is 5.10. The smallest absolute Gasteiger partial charge is 0.293 e. The van der Waals surface area contributed by atoms with Gasteiger partial charge in [-0.25, -0.2) is 4.98 Å². The van der Waals surface area contributed by atoms with Crippen LogP contribution in [-0.2, 0) is 17.8 Å². The van der Waals surface area contributed by atoms with Gasteiger partial charge in [-0.2, -0.15) is 0 Å². The van der Waals surface area contributed by atoms with Crippen LogP contribution in [0.1, 0.15) is 21.7 Å². The number of hydrogen-bond acceptors (Lipinski definition) is 3. The van der Waals surface area contributed by atoms with E-state index in [1.807, 2.05) is 6.07 Å². The van der Waals surface area contributed by atoms with Crippen molar-refractivity contribution < 1.29 is 9.59 Å². The highest BCUT2D eigenvalue weighted by Crippen LogP contribution is 2.19. The maximum atomic E-state index is 11.7. The Labute approximate surface area is 98.6 Å². The first-order chi connectivity index (χ1) is 8.08. The molecule has 0 radical (unpaired) electrons. The van der Waals surface area contributed by atoms with Crippen molar-refractivity contribution in [3.63, 3.8) is 0 Å². The summed E-state index contributed by atoms with van der Waals surface area (Å²) in [5, 5.41) is 0. The number of nitrogens with two attached hydrogens (primary N) is 1. The van der Waals surface area contributed by atoms with E-state index in [0.717, 1.165) is 5.56 Å². The van der Waals surface area contributed by atoms with Gasteiger partial charge in [0, 0.05) is 19.2 Å². The lowest BCUT2D eigenvalue weighted by molar-refractivity contribution is -0.112. The molecule has 5 heteroatoms. The van der Waals surface area contributed by atoms with E-state index in [1.165, 1.54) is 0 Å². The zero-order valence-electron chi connectivity index (χ0n) is 9.36. The van der Waals surface area contributed by atoms with Crippen LogP contribution in [0.25, 0.3) is 0 Å². The van der Waals surface area contributed by atoms with Crippen LogP contribution in [0.5, 0.6) is 0 Å². The third-order valence-electron chi connectivity index (χ3n) is 2.47. The molecule has 0 saturated carbocycles. The summed E-state index contributed by atoms with van der Waals surface area (Å²) in [6.45, 7) is 0.592. The second kappa shape index (κ2) is 4.26. The van der Waals surface area contributed by atoms with Gasteiger partial charge < -0.3 is 10.6 Å². The fourth-order valence-corrected chi connectivity index (χ4v) is 1.67. The predicted molar refractivity (Wildman–Crippen MR) is 60.7 cm³/mol. The molecule has 2 amide bonds. The second-order valence-corrected chi connectivity index (χ2v) is 3.81. The quantitative estimate of drug-likeness (QED) is 0.671. The Morgan fingerprint density at radius 2 is 2.35 bits per heavy atom. The topological polar surface area (TPSA) is 76.3 Å². The van der Waals surface area contributed by atoms with Gasteiger partial charge in [-0.1, -0.05) is 12.0 Å². The number of fused-ring (bicyclic) bond motifs is 1. The molecule has 0 fully saturated rings. The summed E-state index contributed by atoms with van der Waals surface area (Å²) in [7, 11) is 1.73. The summed E-state index contributed by atoms with van der Waals surface area (Å²) in [4.78, 5) is 28.0. The molecule has 17 heavy (non-hydrogen) atoms. The zero-order valence-corrected chi connectivity index (χ0v) is 9.36. The number of rotatable bonds is 1. The molecule has 0 aliphatic carbocycles. The lowest BCUT2D eigenvalue weighted by Crippen LogP contribution is -2.18. The Morgan fingerprint density at radius 3 is 3.06 bits per heavy atom. The average Bonchev–Trinajstić information content (AvgIpc) is 2.55. The molecule has 0 unspecified atom stereocenters. The van der Waals surface area contributed by atoms with Crippen molar-refractivity contribution in [2.45, 2.75) is 13.0 Å². The van der Waals surface area contributed by atoms with Gasteiger partial charge in [-0.15, -0.1) is 0 Å². The first kappa shape index (κ1) is 11.1. The molecule has 1 aromatic rings. The van der Waals surface area contributed by atoms with E-state index in [-0.39, 0.29) is 5.91 Å². The fraction of sp³-hybridized carbons (Fsp3) is 0.250. The highest BCUT2D eigenvalue weighted by molar-refractivity contribution is 5.96. The van der Waals surface area contributed by atoms with Crippen LogP contribution in [0.4, 0.5) is 0 Å². The van der Waals surface area contributed by atoms with E-state index in [2.05, 4.69) is 16.8 Å². The van der Waals surface area contributed by atoms with Crippen molar-refractivity contribution in [2.75, 3.05) is 7.05 Å². The van der Waals surface area contributed by atoms with Gasteiger partial charge in [0.25, 0.3) is 11.8 Å². The van der Waals surface area contributed by atoms with Gasteiger partial charge in [0.15, 0.2) is 0 Å². The monoisotopic (exact) mass is 229 g/mol. The van der Waals surface area contributed by atoms with Crippen molar-refractivity contribution in [1.82, 2.24) is 9.88 Å². The summed E-state index contributed by atoms with van der Waals surface area (Å²) in [6.07, 6.45) is 0.313. The molecular weight excluding hydrogens is 218 g/mol. The van der Waals surface area contributed by atoms with Gasteiger partial charge in [-0.3, -0.25) is 9.59 Å². The normalized spacial score (nSPS) is 13.0. The Kier molecular flexibility index (Phi) is 2.79. The molecule has 2 rings (SSSR count). The minimum Gasteiger partial charge on any atom is -0.359 e. The number of carbonyl (C=O) groups is 2. The van der Waals surface area contributed by atoms with Crippen LogP contribution in [0.2, 0.25) is 0 Å². The third kappa shape index (κ3) is 2.26. The number of primary amides is 1. The van der Waals surface area contributed by atoms with Crippen LogP contribution < -0.4 is 5.73 Å². The van der Waals surface area contributed by atoms with Gasteiger partial charge in [0.1, 0.15) is 5.69 Å². The van der Waals surface area contributed by atoms with E-state index in [0.29, 0.717) is 24.4 Å². The molecule has 0 bridgehead atoms. The van der Waals surface area contributed by atoms with Crippen molar-refractivity contribution in [3.05, 3.63) is 29.1 Å². The molecule has 2 N–H and O–H groups in total. The van der Waals surface area contributed by atoms with E-state index >= 15 is 0 Å². The van der Waals surface area contributed by atoms with Gasteiger partial charge >= 0.3 is 0 Å². The Hall–Kier alpha value is -2.35. The average molecular weight is 229 g/mol. The number of amides is 2. The van der Waals surface area contributed by atoms with Gasteiger partial charge in [0.2, 0.25) is 0 Å². The van der Waals surface area contributed by atoms with Crippen molar-refractivity contribution in [2.24, 2.45) is 5.73 Å².